The molecule has 7 nitrogen and oxygen atoms in total. The number of rotatable bonds is 5. The van der Waals surface area contributed by atoms with Gasteiger partial charge in [-0.05, 0) is 19.1 Å². The van der Waals surface area contributed by atoms with Crippen molar-refractivity contribution in [3.8, 4) is 0 Å². The lowest BCUT2D eigenvalue weighted by Gasteiger charge is -2.14. The summed E-state index contributed by atoms with van der Waals surface area (Å²) in [5.41, 5.74) is 1.46. The van der Waals surface area contributed by atoms with Crippen molar-refractivity contribution in [2.24, 2.45) is 0 Å². The maximum atomic E-state index is 12.1. The molecule has 0 spiro atoms. The van der Waals surface area contributed by atoms with Gasteiger partial charge in [0.25, 0.3) is 5.91 Å². The van der Waals surface area contributed by atoms with E-state index in [-0.39, 0.29) is 17.1 Å². The average Bonchev–Trinajstić information content (AvgIpc) is 2.89. The van der Waals surface area contributed by atoms with Gasteiger partial charge in [-0.15, -0.1) is 0 Å². The molecule has 0 radical (unpaired) electrons. The Morgan fingerprint density at radius 1 is 1.48 bits per heavy atom. The highest BCUT2D eigenvalue weighted by Crippen LogP contribution is 2.11. The summed E-state index contributed by atoms with van der Waals surface area (Å²) >= 11 is 5.79. The normalized spacial score (nSPS) is 11.9. The Kier molecular flexibility index (Phi) is 4.54. The van der Waals surface area contributed by atoms with E-state index in [1.807, 2.05) is 0 Å². The SMILES string of the molecule is Cc1cc(C(=O)N[C@H](Cc2cnc[nH]2)C(=O)O)cc(Cl)n1. The van der Waals surface area contributed by atoms with E-state index in [0.717, 1.165) is 0 Å². The second kappa shape index (κ2) is 6.36. The number of carbonyl (C=O) groups excluding carboxylic acids is 1. The van der Waals surface area contributed by atoms with Crippen molar-refractivity contribution in [2.45, 2.75) is 19.4 Å². The molecule has 21 heavy (non-hydrogen) atoms. The molecule has 0 bridgehead atoms. The zero-order valence-electron chi connectivity index (χ0n) is 11.1. The number of carbonyl (C=O) groups is 2. The van der Waals surface area contributed by atoms with Crippen molar-refractivity contribution in [3.63, 3.8) is 0 Å². The van der Waals surface area contributed by atoms with E-state index in [0.29, 0.717) is 11.4 Å². The predicted molar refractivity (Wildman–Crippen MR) is 75.2 cm³/mol. The van der Waals surface area contributed by atoms with E-state index in [4.69, 9.17) is 11.6 Å². The molecule has 1 amide bonds. The zero-order valence-corrected chi connectivity index (χ0v) is 11.9. The predicted octanol–water partition coefficient (Wildman–Crippen LogP) is 1.19. The van der Waals surface area contributed by atoms with E-state index >= 15 is 0 Å². The molecule has 1 atom stereocenters. The Bertz CT molecular complexity index is 637. The Labute approximate surface area is 125 Å². The molecular weight excluding hydrogens is 296 g/mol. The van der Waals surface area contributed by atoms with Crippen LogP contribution in [0.1, 0.15) is 21.7 Å². The number of halogens is 1. The number of hydrogen-bond acceptors (Lipinski definition) is 4. The van der Waals surface area contributed by atoms with Crippen LogP contribution in [0.25, 0.3) is 0 Å². The molecule has 0 aromatic carbocycles. The van der Waals surface area contributed by atoms with Gasteiger partial charge < -0.3 is 15.4 Å². The number of pyridine rings is 1. The maximum absolute atomic E-state index is 12.1. The summed E-state index contributed by atoms with van der Waals surface area (Å²) in [6.45, 7) is 1.70. The van der Waals surface area contributed by atoms with Crippen molar-refractivity contribution in [1.82, 2.24) is 20.3 Å². The lowest BCUT2D eigenvalue weighted by atomic mass is 10.1. The van der Waals surface area contributed by atoms with Crippen LogP contribution in [0.2, 0.25) is 5.15 Å². The minimum Gasteiger partial charge on any atom is -0.480 e. The van der Waals surface area contributed by atoms with E-state index in [2.05, 4.69) is 20.3 Å². The number of amides is 1. The molecule has 0 aliphatic rings. The number of carboxylic acids is 1. The van der Waals surface area contributed by atoms with Gasteiger partial charge in [0.2, 0.25) is 0 Å². The largest absolute Gasteiger partial charge is 0.480 e. The molecule has 2 rings (SSSR count). The second-order valence-corrected chi connectivity index (χ2v) is 4.85. The van der Waals surface area contributed by atoms with Crippen LogP contribution < -0.4 is 5.32 Å². The third kappa shape index (κ3) is 4.03. The second-order valence-electron chi connectivity index (χ2n) is 4.47. The summed E-state index contributed by atoms with van der Waals surface area (Å²) in [5, 5.41) is 11.8. The van der Waals surface area contributed by atoms with E-state index in [1.165, 1.54) is 24.7 Å². The van der Waals surface area contributed by atoms with Crippen molar-refractivity contribution < 1.29 is 14.7 Å². The summed E-state index contributed by atoms with van der Waals surface area (Å²) in [5.74, 6) is -1.65. The first kappa shape index (κ1) is 15.0. The minimum absolute atomic E-state index is 0.110. The average molecular weight is 309 g/mol. The molecule has 0 saturated heterocycles. The van der Waals surface area contributed by atoms with Crippen LogP contribution in [0.4, 0.5) is 0 Å². The summed E-state index contributed by atoms with van der Waals surface area (Å²) < 4.78 is 0. The minimum atomic E-state index is -1.13. The molecule has 3 N–H and O–H groups in total. The molecule has 0 fully saturated rings. The van der Waals surface area contributed by atoms with Crippen LogP contribution in [0, 0.1) is 6.92 Å². The number of nitrogens with zero attached hydrogens (tertiary/aromatic N) is 2. The highest BCUT2D eigenvalue weighted by atomic mass is 35.5. The van der Waals surface area contributed by atoms with Gasteiger partial charge in [0, 0.05) is 29.6 Å². The fourth-order valence-electron chi connectivity index (χ4n) is 1.82. The Morgan fingerprint density at radius 3 is 2.81 bits per heavy atom. The van der Waals surface area contributed by atoms with Crippen molar-refractivity contribution in [1.29, 1.82) is 0 Å². The number of imidazole rings is 1. The van der Waals surface area contributed by atoms with Gasteiger partial charge in [-0.25, -0.2) is 14.8 Å². The Balaban J connectivity index is 2.12. The third-order valence-corrected chi connectivity index (χ3v) is 2.96. The van der Waals surface area contributed by atoms with Gasteiger partial charge >= 0.3 is 5.97 Å². The van der Waals surface area contributed by atoms with Crippen molar-refractivity contribution in [3.05, 3.63) is 46.8 Å². The molecule has 2 heterocycles. The third-order valence-electron chi connectivity index (χ3n) is 2.77. The van der Waals surface area contributed by atoms with Crippen LogP contribution in [-0.4, -0.2) is 38.0 Å². The summed E-state index contributed by atoms with van der Waals surface area (Å²) in [6, 6.07) is 1.86. The van der Waals surface area contributed by atoms with E-state index in [9.17, 15) is 14.7 Å². The number of aryl methyl sites for hydroxylation is 1. The number of hydrogen-bond donors (Lipinski definition) is 3. The number of aromatic amines is 1. The number of nitrogens with one attached hydrogen (secondary N) is 2. The summed E-state index contributed by atoms with van der Waals surface area (Å²) in [7, 11) is 0. The topological polar surface area (TPSA) is 108 Å². The molecule has 0 unspecified atom stereocenters. The first-order valence-corrected chi connectivity index (χ1v) is 6.48. The number of H-pyrrole nitrogens is 1. The van der Waals surface area contributed by atoms with Crippen LogP contribution >= 0.6 is 11.6 Å². The molecule has 2 aromatic heterocycles. The standard InChI is InChI=1S/C13H13ClN4O3/c1-7-2-8(3-11(14)17-7)12(19)18-10(13(20)21)4-9-5-15-6-16-9/h2-3,5-6,10H,4H2,1H3,(H,15,16)(H,18,19)(H,20,21)/t10-/m1/s1. The van der Waals surface area contributed by atoms with Gasteiger partial charge in [0.15, 0.2) is 0 Å². The summed E-state index contributed by atoms with van der Waals surface area (Å²) in [4.78, 5) is 33.9. The molecular formula is C13H13ClN4O3. The molecule has 0 saturated carbocycles. The van der Waals surface area contributed by atoms with E-state index < -0.39 is 17.9 Å². The van der Waals surface area contributed by atoms with Crippen molar-refractivity contribution >= 4 is 23.5 Å². The summed E-state index contributed by atoms with van der Waals surface area (Å²) in [6.07, 6.45) is 3.07. The smallest absolute Gasteiger partial charge is 0.326 e. The highest BCUT2D eigenvalue weighted by Gasteiger charge is 2.22. The van der Waals surface area contributed by atoms with Gasteiger partial charge in [0.05, 0.1) is 6.33 Å². The first-order valence-electron chi connectivity index (χ1n) is 6.11. The van der Waals surface area contributed by atoms with Crippen molar-refractivity contribution in [2.75, 3.05) is 0 Å². The fraction of sp³-hybridized carbons (Fsp3) is 0.231. The first-order chi connectivity index (χ1) is 9.95. The Morgan fingerprint density at radius 2 is 2.24 bits per heavy atom. The van der Waals surface area contributed by atoms with Crippen LogP contribution in [0.15, 0.2) is 24.7 Å². The molecule has 0 aliphatic heterocycles. The van der Waals surface area contributed by atoms with Gasteiger partial charge in [0.1, 0.15) is 11.2 Å². The van der Waals surface area contributed by atoms with Crippen LogP contribution in [-0.2, 0) is 11.2 Å². The van der Waals surface area contributed by atoms with Gasteiger partial charge in [-0.1, -0.05) is 11.6 Å². The van der Waals surface area contributed by atoms with Crippen LogP contribution in [0.3, 0.4) is 0 Å². The van der Waals surface area contributed by atoms with Gasteiger partial charge in [-0.2, -0.15) is 0 Å². The Hall–Kier alpha value is -2.41. The maximum Gasteiger partial charge on any atom is 0.326 e. The monoisotopic (exact) mass is 308 g/mol. The number of aliphatic carboxylic acids is 1. The molecule has 110 valence electrons. The molecule has 2 aromatic rings. The number of aromatic nitrogens is 3. The van der Waals surface area contributed by atoms with Crippen LogP contribution in [0.5, 0.6) is 0 Å². The van der Waals surface area contributed by atoms with E-state index in [1.54, 1.807) is 6.92 Å². The van der Waals surface area contributed by atoms with Gasteiger partial charge in [-0.3, -0.25) is 4.79 Å². The number of carboxylic acid groups (broad SMARTS) is 1. The molecule has 0 aliphatic carbocycles. The lowest BCUT2D eigenvalue weighted by molar-refractivity contribution is -0.139. The highest BCUT2D eigenvalue weighted by molar-refractivity contribution is 6.29. The zero-order chi connectivity index (χ0) is 15.4. The fourth-order valence-corrected chi connectivity index (χ4v) is 2.07. The quantitative estimate of drug-likeness (QED) is 0.719. The molecule has 8 heteroatoms. The lowest BCUT2D eigenvalue weighted by Crippen LogP contribution is -2.42.